The van der Waals surface area contributed by atoms with Crippen LogP contribution in [-0.4, -0.2) is 35.8 Å². The number of nitrogens with zero attached hydrogens (tertiary/aromatic N) is 1. The summed E-state index contributed by atoms with van der Waals surface area (Å²) in [5.74, 6) is -0.0340. The maximum Gasteiger partial charge on any atom is 0.408 e. The van der Waals surface area contributed by atoms with Gasteiger partial charge in [-0.25, -0.2) is 14.6 Å². The lowest BCUT2D eigenvalue weighted by Gasteiger charge is -2.22. The van der Waals surface area contributed by atoms with Crippen LogP contribution in [0.2, 0.25) is 0 Å². The molecule has 27 heavy (non-hydrogen) atoms. The first-order valence-corrected chi connectivity index (χ1v) is 8.90. The van der Waals surface area contributed by atoms with Gasteiger partial charge in [-0.2, -0.15) is 0 Å². The molecule has 7 nitrogen and oxygen atoms in total. The molecule has 1 atom stereocenters. The van der Waals surface area contributed by atoms with Crippen LogP contribution >= 0.6 is 0 Å². The predicted molar refractivity (Wildman–Crippen MR) is 104 cm³/mol. The molecule has 146 valence electrons. The Labute approximate surface area is 159 Å². The molecule has 0 aliphatic heterocycles. The third kappa shape index (κ3) is 5.84. The molecule has 1 heterocycles. The van der Waals surface area contributed by atoms with Crippen molar-refractivity contribution in [2.45, 2.75) is 51.7 Å². The number of aryl methyl sites for hydroxylation is 1. The van der Waals surface area contributed by atoms with Crippen molar-refractivity contribution in [2.24, 2.45) is 0 Å². The quantitative estimate of drug-likeness (QED) is 0.754. The first-order chi connectivity index (χ1) is 12.7. The fourth-order valence-corrected chi connectivity index (χ4v) is 2.83. The van der Waals surface area contributed by atoms with E-state index in [1.54, 1.807) is 27.0 Å². The van der Waals surface area contributed by atoms with Crippen molar-refractivity contribution in [3.05, 3.63) is 36.0 Å². The number of pyridine rings is 1. The number of methoxy groups -OCH3 is 1. The number of aromatic nitrogens is 1. The van der Waals surface area contributed by atoms with Crippen LogP contribution < -0.4 is 11.1 Å². The lowest BCUT2D eigenvalue weighted by atomic mass is 10.00. The highest BCUT2D eigenvalue weighted by atomic mass is 16.6. The highest BCUT2D eigenvalue weighted by Gasteiger charge is 2.24. The van der Waals surface area contributed by atoms with Crippen LogP contribution in [0, 0.1) is 0 Å². The van der Waals surface area contributed by atoms with Crippen molar-refractivity contribution in [2.75, 3.05) is 12.8 Å². The number of anilines is 1. The molecular formula is C20H27N3O4. The smallest absolute Gasteiger partial charge is 0.408 e. The number of carbonyl (C=O) groups is 2. The Balaban J connectivity index is 2.05. The minimum atomic E-state index is -0.783. The highest BCUT2D eigenvalue weighted by Crippen LogP contribution is 2.24. The maximum atomic E-state index is 12.0. The Bertz CT molecular complexity index is 814. The van der Waals surface area contributed by atoms with E-state index in [0.29, 0.717) is 25.1 Å². The van der Waals surface area contributed by atoms with E-state index in [4.69, 9.17) is 15.2 Å². The number of nitrogens with two attached hydrogens (primary N) is 1. The fourth-order valence-electron chi connectivity index (χ4n) is 2.83. The van der Waals surface area contributed by atoms with Crippen LogP contribution in [0.25, 0.3) is 10.8 Å². The van der Waals surface area contributed by atoms with Crippen molar-refractivity contribution in [1.82, 2.24) is 10.3 Å². The Morgan fingerprint density at radius 1 is 1.26 bits per heavy atom. The van der Waals surface area contributed by atoms with Gasteiger partial charge in [0.15, 0.2) is 0 Å². The topological polar surface area (TPSA) is 104 Å². The van der Waals surface area contributed by atoms with Crippen LogP contribution in [0.3, 0.4) is 0 Å². The number of hydrogen-bond acceptors (Lipinski definition) is 6. The molecular weight excluding hydrogens is 346 g/mol. The SMILES string of the molecule is COC(=O)[C@H](CCCc1c(N)ncc2ccccc12)NC(=O)OC(C)(C)C. The Morgan fingerprint density at radius 3 is 2.63 bits per heavy atom. The monoisotopic (exact) mass is 373 g/mol. The molecule has 0 unspecified atom stereocenters. The average molecular weight is 373 g/mol. The molecule has 0 saturated heterocycles. The normalized spacial score (nSPS) is 12.4. The number of alkyl carbamates (subject to hydrolysis) is 1. The van der Waals surface area contributed by atoms with Crippen LogP contribution in [0.4, 0.5) is 10.6 Å². The Hall–Kier alpha value is -2.83. The number of nitrogen functional groups attached to an aromatic ring is 1. The molecule has 2 aromatic rings. The number of amides is 1. The standard InChI is InChI=1S/C20H27N3O4/c1-20(2,3)27-19(25)23-16(18(24)26-4)11-7-10-15-14-9-6-5-8-13(14)12-22-17(15)21/h5-6,8-9,12,16H,7,10-11H2,1-4H3,(H2,21,22)(H,23,25)/t16-/m0/s1. The molecule has 0 bridgehead atoms. The summed E-state index contributed by atoms with van der Waals surface area (Å²) in [7, 11) is 1.29. The van der Waals surface area contributed by atoms with Crippen molar-refractivity contribution < 1.29 is 19.1 Å². The minimum Gasteiger partial charge on any atom is -0.467 e. The molecule has 0 spiro atoms. The second-order valence-electron chi connectivity index (χ2n) is 7.32. The predicted octanol–water partition coefficient (Wildman–Crippen LogP) is 3.21. The third-order valence-electron chi connectivity index (χ3n) is 4.03. The largest absolute Gasteiger partial charge is 0.467 e. The summed E-state index contributed by atoms with van der Waals surface area (Å²) in [6.07, 6.45) is 2.74. The summed E-state index contributed by atoms with van der Waals surface area (Å²) in [5, 5.41) is 4.63. The van der Waals surface area contributed by atoms with Gasteiger partial charge in [0.1, 0.15) is 17.5 Å². The first-order valence-electron chi connectivity index (χ1n) is 8.90. The van der Waals surface area contributed by atoms with Gasteiger partial charge in [-0.05, 0) is 45.4 Å². The van der Waals surface area contributed by atoms with Gasteiger partial charge in [0.05, 0.1) is 7.11 Å². The zero-order valence-corrected chi connectivity index (χ0v) is 16.2. The van der Waals surface area contributed by atoms with E-state index in [-0.39, 0.29) is 0 Å². The Morgan fingerprint density at radius 2 is 1.96 bits per heavy atom. The van der Waals surface area contributed by atoms with E-state index < -0.39 is 23.7 Å². The number of benzene rings is 1. The molecule has 0 radical (unpaired) electrons. The van der Waals surface area contributed by atoms with Gasteiger partial charge in [-0.15, -0.1) is 0 Å². The lowest BCUT2D eigenvalue weighted by molar-refractivity contribution is -0.143. The summed E-state index contributed by atoms with van der Waals surface area (Å²) < 4.78 is 10.0. The summed E-state index contributed by atoms with van der Waals surface area (Å²) >= 11 is 0. The van der Waals surface area contributed by atoms with Gasteiger partial charge < -0.3 is 20.5 Å². The summed E-state index contributed by atoms with van der Waals surface area (Å²) in [6.45, 7) is 5.28. The number of nitrogens with one attached hydrogen (secondary N) is 1. The first kappa shape index (κ1) is 20.5. The number of hydrogen-bond donors (Lipinski definition) is 2. The average Bonchev–Trinajstić information content (AvgIpc) is 2.60. The summed E-state index contributed by atoms with van der Waals surface area (Å²) in [5.41, 5.74) is 6.34. The number of fused-ring (bicyclic) bond motifs is 1. The van der Waals surface area contributed by atoms with E-state index in [0.717, 1.165) is 16.3 Å². The number of rotatable bonds is 6. The third-order valence-corrected chi connectivity index (χ3v) is 4.03. The van der Waals surface area contributed by atoms with Gasteiger partial charge in [-0.3, -0.25) is 0 Å². The van der Waals surface area contributed by atoms with E-state index >= 15 is 0 Å². The molecule has 3 N–H and O–H groups in total. The molecule has 0 aliphatic rings. The van der Waals surface area contributed by atoms with E-state index in [9.17, 15) is 9.59 Å². The van der Waals surface area contributed by atoms with Crippen molar-refractivity contribution in [3.8, 4) is 0 Å². The van der Waals surface area contributed by atoms with Crippen molar-refractivity contribution >= 4 is 28.7 Å². The number of esters is 1. The summed E-state index contributed by atoms with van der Waals surface area (Å²) in [6, 6.07) is 7.09. The van der Waals surface area contributed by atoms with E-state index in [1.807, 2.05) is 24.3 Å². The fraction of sp³-hybridized carbons (Fsp3) is 0.450. The molecule has 1 aromatic heterocycles. The zero-order chi connectivity index (χ0) is 20.0. The van der Waals surface area contributed by atoms with Gasteiger partial charge in [0, 0.05) is 17.1 Å². The van der Waals surface area contributed by atoms with Crippen LogP contribution in [-0.2, 0) is 20.7 Å². The van der Waals surface area contributed by atoms with Gasteiger partial charge in [-0.1, -0.05) is 24.3 Å². The zero-order valence-electron chi connectivity index (χ0n) is 16.2. The van der Waals surface area contributed by atoms with Crippen molar-refractivity contribution in [3.63, 3.8) is 0 Å². The van der Waals surface area contributed by atoms with Gasteiger partial charge in [0.2, 0.25) is 0 Å². The highest BCUT2D eigenvalue weighted by molar-refractivity contribution is 5.87. The molecule has 7 heteroatoms. The minimum absolute atomic E-state index is 0.397. The van der Waals surface area contributed by atoms with E-state index in [2.05, 4.69) is 10.3 Å². The van der Waals surface area contributed by atoms with Crippen LogP contribution in [0.15, 0.2) is 30.5 Å². The van der Waals surface area contributed by atoms with Crippen LogP contribution in [0.5, 0.6) is 0 Å². The van der Waals surface area contributed by atoms with Crippen LogP contribution in [0.1, 0.15) is 39.2 Å². The molecule has 2 rings (SSSR count). The Kier molecular flexibility index (Phi) is 6.60. The number of carbonyl (C=O) groups excluding carboxylic acids is 2. The number of ether oxygens (including phenoxy) is 2. The second kappa shape index (κ2) is 8.70. The molecule has 0 aliphatic carbocycles. The van der Waals surface area contributed by atoms with Gasteiger partial charge in [0.25, 0.3) is 0 Å². The molecule has 1 amide bonds. The maximum absolute atomic E-state index is 12.0. The van der Waals surface area contributed by atoms with Gasteiger partial charge >= 0.3 is 12.1 Å². The second-order valence-corrected chi connectivity index (χ2v) is 7.32. The lowest BCUT2D eigenvalue weighted by Crippen LogP contribution is -2.44. The van der Waals surface area contributed by atoms with E-state index in [1.165, 1.54) is 7.11 Å². The van der Waals surface area contributed by atoms with Crippen molar-refractivity contribution in [1.29, 1.82) is 0 Å². The summed E-state index contributed by atoms with van der Waals surface area (Å²) in [4.78, 5) is 28.2. The molecule has 0 saturated carbocycles. The molecule has 0 fully saturated rings. The molecule has 1 aromatic carbocycles.